The molecule has 1 atom stereocenters. The predicted molar refractivity (Wildman–Crippen MR) is 70.3 cm³/mol. The Balaban J connectivity index is 2.55. The van der Waals surface area contributed by atoms with E-state index in [1.807, 2.05) is 24.3 Å². The Morgan fingerprint density at radius 1 is 1.39 bits per heavy atom. The number of ether oxygens (including phenoxy) is 2. The lowest BCUT2D eigenvalue weighted by Crippen LogP contribution is -2.36. The Kier molecular flexibility index (Phi) is 6.35. The molecule has 1 unspecified atom stereocenters. The highest BCUT2D eigenvalue weighted by molar-refractivity contribution is 5.94. The first-order chi connectivity index (χ1) is 8.67. The monoisotopic (exact) mass is 252 g/mol. The van der Waals surface area contributed by atoms with Gasteiger partial charge in [0.1, 0.15) is 0 Å². The van der Waals surface area contributed by atoms with Gasteiger partial charge in [-0.3, -0.25) is 4.79 Å². The summed E-state index contributed by atoms with van der Waals surface area (Å²) in [6, 6.07) is 6.93. The van der Waals surface area contributed by atoms with Crippen molar-refractivity contribution in [1.82, 2.24) is 0 Å². The van der Waals surface area contributed by atoms with Crippen LogP contribution in [0, 0.1) is 0 Å². The van der Waals surface area contributed by atoms with Gasteiger partial charge >= 0.3 is 0 Å². The molecule has 3 N–H and O–H groups in total. The van der Waals surface area contributed by atoms with E-state index in [0.717, 1.165) is 11.3 Å². The topological polar surface area (TPSA) is 73.6 Å². The molecule has 100 valence electrons. The fraction of sp³-hybridized carbons (Fsp3) is 0.462. The lowest BCUT2D eigenvalue weighted by molar-refractivity contribution is -0.117. The summed E-state index contributed by atoms with van der Waals surface area (Å²) in [5, 5.41) is 2.77. The van der Waals surface area contributed by atoms with Gasteiger partial charge in [-0.2, -0.15) is 0 Å². The summed E-state index contributed by atoms with van der Waals surface area (Å²) in [5.41, 5.74) is 7.46. The maximum Gasteiger partial charge on any atom is 0.241 e. The molecule has 0 fully saturated rings. The summed E-state index contributed by atoms with van der Waals surface area (Å²) in [5.74, 6) is -0.207. The van der Waals surface area contributed by atoms with E-state index in [9.17, 15) is 4.79 Å². The number of carbonyl (C=O) groups is 1. The highest BCUT2D eigenvalue weighted by Gasteiger charge is 2.13. The molecular formula is C13H20N2O3. The van der Waals surface area contributed by atoms with Crippen LogP contribution in [-0.2, 0) is 20.9 Å². The average molecular weight is 252 g/mol. The van der Waals surface area contributed by atoms with E-state index in [2.05, 4.69) is 5.32 Å². The molecule has 0 heterocycles. The third-order valence-corrected chi connectivity index (χ3v) is 2.48. The molecular weight excluding hydrogens is 232 g/mol. The smallest absolute Gasteiger partial charge is 0.241 e. The first kappa shape index (κ1) is 14.6. The zero-order valence-electron chi connectivity index (χ0n) is 10.8. The van der Waals surface area contributed by atoms with E-state index in [4.69, 9.17) is 15.2 Å². The Morgan fingerprint density at radius 3 is 2.83 bits per heavy atom. The van der Waals surface area contributed by atoms with Crippen molar-refractivity contribution in [3.05, 3.63) is 29.8 Å². The fourth-order valence-electron chi connectivity index (χ4n) is 1.52. The van der Waals surface area contributed by atoms with Gasteiger partial charge in [0.2, 0.25) is 5.91 Å². The van der Waals surface area contributed by atoms with Crippen molar-refractivity contribution in [1.29, 1.82) is 0 Å². The molecule has 0 aliphatic heterocycles. The molecule has 18 heavy (non-hydrogen) atoms. The van der Waals surface area contributed by atoms with Gasteiger partial charge < -0.3 is 20.5 Å². The zero-order valence-corrected chi connectivity index (χ0v) is 10.8. The zero-order chi connectivity index (χ0) is 13.4. The van der Waals surface area contributed by atoms with Gasteiger partial charge in [0.25, 0.3) is 0 Å². The molecule has 0 aromatic heterocycles. The third kappa shape index (κ3) is 4.83. The largest absolute Gasteiger partial charge is 0.385 e. The van der Waals surface area contributed by atoms with Crippen molar-refractivity contribution >= 4 is 11.6 Å². The minimum absolute atomic E-state index is 0.207. The van der Waals surface area contributed by atoms with E-state index < -0.39 is 6.04 Å². The van der Waals surface area contributed by atoms with Gasteiger partial charge in [0.05, 0.1) is 12.6 Å². The molecule has 0 saturated carbocycles. The molecule has 5 heteroatoms. The summed E-state index contributed by atoms with van der Waals surface area (Å²) >= 11 is 0. The first-order valence-electron chi connectivity index (χ1n) is 5.80. The summed E-state index contributed by atoms with van der Waals surface area (Å²) in [4.78, 5) is 11.8. The van der Waals surface area contributed by atoms with Crippen LogP contribution >= 0.6 is 0 Å². The van der Waals surface area contributed by atoms with Crippen LogP contribution in [0.3, 0.4) is 0 Å². The van der Waals surface area contributed by atoms with Crippen molar-refractivity contribution in [2.45, 2.75) is 19.1 Å². The van der Waals surface area contributed by atoms with Crippen molar-refractivity contribution in [3.63, 3.8) is 0 Å². The second kappa shape index (κ2) is 7.81. The van der Waals surface area contributed by atoms with Gasteiger partial charge in [-0.25, -0.2) is 0 Å². The van der Waals surface area contributed by atoms with Crippen molar-refractivity contribution in [2.75, 3.05) is 26.1 Å². The normalized spacial score (nSPS) is 12.2. The fourth-order valence-corrected chi connectivity index (χ4v) is 1.52. The van der Waals surface area contributed by atoms with E-state index in [1.165, 1.54) is 0 Å². The van der Waals surface area contributed by atoms with Crippen LogP contribution in [-0.4, -0.2) is 32.8 Å². The Labute approximate surface area is 107 Å². The van der Waals surface area contributed by atoms with Gasteiger partial charge in [-0.1, -0.05) is 12.1 Å². The molecule has 0 spiro atoms. The van der Waals surface area contributed by atoms with Crippen LogP contribution < -0.4 is 11.1 Å². The molecule has 0 aliphatic rings. The van der Waals surface area contributed by atoms with E-state index in [1.54, 1.807) is 14.2 Å². The Hall–Kier alpha value is -1.43. The number of amides is 1. The molecule has 0 bridgehead atoms. The van der Waals surface area contributed by atoms with Gasteiger partial charge in [-0.05, 0) is 24.1 Å². The summed E-state index contributed by atoms with van der Waals surface area (Å²) in [7, 11) is 3.21. The van der Waals surface area contributed by atoms with Crippen molar-refractivity contribution in [2.24, 2.45) is 5.73 Å². The second-order valence-electron chi connectivity index (χ2n) is 4.01. The maximum atomic E-state index is 11.8. The van der Waals surface area contributed by atoms with Crippen molar-refractivity contribution < 1.29 is 14.3 Å². The number of hydrogen-bond donors (Lipinski definition) is 2. The summed E-state index contributed by atoms with van der Waals surface area (Å²) in [6.45, 7) is 0.984. The Bertz CT molecular complexity index is 382. The van der Waals surface area contributed by atoms with Crippen molar-refractivity contribution in [3.8, 4) is 0 Å². The number of methoxy groups -OCH3 is 2. The summed E-state index contributed by atoms with van der Waals surface area (Å²) in [6.07, 6.45) is 0.500. The molecule has 1 aromatic carbocycles. The van der Waals surface area contributed by atoms with Gasteiger partial charge in [0.15, 0.2) is 0 Å². The minimum Gasteiger partial charge on any atom is -0.385 e. The molecule has 1 rings (SSSR count). The third-order valence-electron chi connectivity index (χ3n) is 2.48. The highest BCUT2D eigenvalue weighted by Crippen LogP contribution is 2.11. The molecule has 5 nitrogen and oxygen atoms in total. The number of rotatable bonds is 7. The van der Waals surface area contributed by atoms with Crippen LogP contribution in [0.1, 0.15) is 12.0 Å². The van der Waals surface area contributed by atoms with Crippen LogP contribution in [0.2, 0.25) is 0 Å². The highest BCUT2D eigenvalue weighted by atomic mass is 16.5. The molecule has 0 saturated heterocycles. The second-order valence-corrected chi connectivity index (χ2v) is 4.01. The average Bonchev–Trinajstić information content (AvgIpc) is 2.36. The van der Waals surface area contributed by atoms with E-state index in [-0.39, 0.29) is 5.91 Å². The standard InChI is InChI=1S/C13H20N2O3/c1-17-7-6-12(14)13(16)15-11-5-3-4-10(8-11)9-18-2/h3-5,8,12H,6-7,9,14H2,1-2H3,(H,15,16). The van der Waals surface area contributed by atoms with Gasteiger partial charge in [-0.15, -0.1) is 0 Å². The number of benzene rings is 1. The lowest BCUT2D eigenvalue weighted by Gasteiger charge is -2.12. The number of hydrogen-bond acceptors (Lipinski definition) is 4. The first-order valence-corrected chi connectivity index (χ1v) is 5.80. The molecule has 0 radical (unpaired) electrons. The van der Waals surface area contributed by atoms with Crippen LogP contribution in [0.4, 0.5) is 5.69 Å². The number of nitrogens with two attached hydrogens (primary N) is 1. The lowest BCUT2D eigenvalue weighted by atomic mass is 10.2. The molecule has 1 amide bonds. The molecule has 1 aromatic rings. The van der Waals surface area contributed by atoms with Crippen LogP contribution in [0.25, 0.3) is 0 Å². The number of anilines is 1. The Morgan fingerprint density at radius 2 is 2.17 bits per heavy atom. The SMILES string of the molecule is COCCC(N)C(=O)Nc1cccc(COC)c1. The van der Waals surface area contributed by atoms with E-state index in [0.29, 0.717) is 19.6 Å². The van der Waals surface area contributed by atoms with Gasteiger partial charge in [0, 0.05) is 26.5 Å². The number of nitrogens with one attached hydrogen (secondary N) is 1. The van der Waals surface area contributed by atoms with Crippen LogP contribution in [0.5, 0.6) is 0 Å². The van der Waals surface area contributed by atoms with Crippen LogP contribution in [0.15, 0.2) is 24.3 Å². The number of carbonyl (C=O) groups excluding carboxylic acids is 1. The summed E-state index contributed by atoms with van der Waals surface area (Å²) < 4.78 is 9.92. The quantitative estimate of drug-likeness (QED) is 0.763. The molecule has 0 aliphatic carbocycles. The van der Waals surface area contributed by atoms with E-state index >= 15 is 0 Å². The maximum absolute atomic E-state index is 11.8. The minimum atomic E-state index is -0.559. The predicted octanol–water partition coefficient (Wildman–Crippen LogP) is 1.14.